The van der Waals surface area contributed by atoms with Crippen molar-refractivity contribution in [3.63, 3.8) is 0 Å². The SMILES string of the molecule is CC(C)CNC(=O)c1ccccc1NC(=O)c1ccc(CN2CCC[C@@H](C)C2)cc1. The topological polar surface area (TPSA) is 61.4 Å². The maximum absolute atomic E-state index is 12.7. The number of amides is 2. The van der Waals surface area contributed by atoms with Crippen LogP contribution in [0.4, 0.5) is 5.69 Å². The summed E-state index contributed by atoms with van der Waals surface area (Å²) in [5.74, 6) is 0.729. The van der Waals surface area contributed by atoms with Gasteiger partial charge in [-0.05, 0) is 61.1 Å². The van der Waals surface area contributed by atoms with Crippen LogP contribution in [0.15, 0.2) is 48.5 Å². The van der Waals surface area contributed by atoms with Crippen molar-refractivity contribution in [2.45, 2.75) is 40.2 Å². The molecule has 2 aromatic rings. The highest BCUT2D eigenvalue weighted by Crippen LogP contribution is 2.19. The molecule has 1 aliphatic rings. The van der Waals surface area contributed by atoms with Crippen LogP contribution >= 0.6 is 0 Å². The van der Waals surface area contributed by atoms with Crippen LogP contribution in [0.1, 0.15) is 59.9 Å². The molecule has 5 nitrogen and oxygen atoms in total. The Bertz CT molecular complexity index is 861. The number of anilines is 1. The number of piperidine rings is 1. The Balaban J connectivity index is 1.63. The predicted molar refractivity (Wildman–Crippen MR) is 122 cm³/mol. The molecule has 0 unspecified atom stereocenters. The number of benzene rings is 2. The Kier molecular flexibility index (Phi) is 7.63. The largest absolute Gasteiger partial charge is 0.352 e. The number of carbonyl (C=O) groups excluding carboxylic acids is 2. The van der Waals surface area contributed by atoms with E-state index in [9.17, 15) is 9.59 Å². The van der Waals surface area contributed by atoms with Crippen LogP contribution in [0.3, 0.4) is 0 Å². The van der Waals surface area contributed by atoms with Crippen LogP contribution in [0.25, 0.3) is 0 Å². The van der Waals surface area contributed by atoms with Crippen molar-refractivity contribution in [2.24, 2.45) is 11.8 Å². The van der Waals surface area contributed by atoms with E-state index in [1.807, 2.05) is 44.2 Å². The molecule has 0 saturated carbocycles. The minimum absolute atomic E-state index is 0.175. The molecular formula is C25H33N3O2. The molecule has 1 saturated heterocycles. The van der Waals surface area contributed by atoms with Gasteiger partial charge in [-0.25, -0.2) is 0 Å². The molecule has 0 radical (unpaired) electrons. The molecule has 0 aliphatic carbocycles. The normalized spacial score (nSPS) is 17.0. The van der Waals surface area contributed by atoms with E-state index < -0.39 is 0 Å². The highest BCUT2D eigenvalue weighted by Gasteiger charge is 2.17. The van der Waals surface area contributed by atoms with Gasteiger partial charge in [0.05, 0.1) is 11.3 Å². The van der Waals surface area contributed by atoms with E-state index in [2.05, 4.69) is 22.5 Å². The molecule has 1 fully saturated rings. The molecule has 2 N–H and O–H groups in total. The van der Waals surface area contributed by atoms with Gasteiger partial charge >= 0.3 is 0 Å². The minimum Gasteiger partial charge on any atom is -0.352 e. The summed E-state index contributed by atoms with van der Waals surface area (Å²) in [7, 11) is 0. The molecule has 0 bridgehead atoms. The lowest BCUT2D eigenvalue weighted by Gasteiger charge is -2.30. The Morgan fingerprint density at radius 1 is 1.07 bits per heavy atom. The summed E-state index contributed by atoms with van der Waals surface area (Å²) >= 11 is 0. The Labute approximate surface area is 179 Å². The van der Waals surface area contributed by atoms with Gasteiger partial charge in [0.25, 0.3) is 11.8 Å². The third-order valence-corrected chi connectivity index (χ3v) is 5.45. The summed E-state index contributed by atoms with van der Waals surface area (Å²) in [6, 6.07) is 14.9. The zero-order chi connectivity index (χ0) is 21.5. The predicted octanol–water partition coefficient (Wildman–Crippen LogP) is 4.56. The molecule has 1 heterocycles. The summed E-state index contributed by atoms with van der Waals surface area (Å²) in [5.41, 5.74) is 2.80. The molecule has 30 heavy (non-hydrogen) atoms. The first-order valence-corrected chi connectivity index (χ1v) is 10.9. The highest BCUT2D eigenvalue weighted by molar-refractivity contribution is 6.09. The molecule has 1 atom stereocenters. The van der Waals surface area contributed by atoms with Crippen molar-refractivity contribution >= 4 is 17.5 Å². The van der Waals surface area contributed by atoms with Crippen molar-refractivity contribution in [3.05, 3.63) is 65.2 Å². The van der Waals surface area contributed by atoms with E-state index in [1.54, 1.807) is 18.2 Å². The van der Waals surface area contributed by atoms with Crippen LogP contribution in [-0.2, 0) is 6.54 Å². The van der Waals surface area contributed by atoms with Gasteiger partial charge in [-0.15, -0.1) is 0 Å². The van der Waals surface area contributed by atoms with Crippen molar-refractivity contribution in [3.8, 4) is 0 Å². The first-order chi connectivity index (χ1) is 14.4. The second-order valence-electron chi connectivity index (χ2n) is 8.78. The number of hydrogen-bond donors (Lipinski definition) is 2. The maximum atomic E-state index is 12.7. The molecule has 0 spiro atoms. The fourth-order valence-corrected chi connectivity index (χ4v) is 3.83. The van der Waals surface area contributed by atoms with Crippen LogP contribution < -0.4 is 10.6 Å². The summed E-state index contributed by atoms with van der Waals surface area (Å²) in [6.07, 6.45) is 2.57. The fourth-order valence-electron chi connectivity index (χ4n) is 3.83. The van der Waals surface area contributed by atoms with E-state index in [1.165, 1.54) is 18.4 Å². The average molecular weight is 408 g/mol. The maximum Gasteiger partial charge on any atom is 0.255 e. The van der Waals surface area contributed by atoms with Gasteiger partial charge in [-0.2, -0.15) is 0 Å². The summed E-state index contributed by atoms with van der Waals surface area (Å²) < 4.78 is 0. The van der Waals surface area contributed by atoms with Crippen molar-refractivity contribution < 1.29 is 9.59 Å². The summed E-state index contributed by atoms with van der Waals surface area (Å²) in [4.78, 5) is 27.7. The average Bonchev–Trinajstić information content (AvgIpc) is 2.73. The van der Waals surface area contributed by atoms with Crippen molar-refractivity contribution in [1.29, 1.82) is 0 Å². The molecule has 0 aromatic heterocycles. The number of nitrogens with zero attached hydrogens (tertiary/aromatic N) is 1. The number of likely N-dealkylation sites (tertiary alicyclic amines) is 1. The summed E-state index contributed by atoms with van der Waals surface area (Å²) in [5, 5.41) is 5.80. The number of rotatable bonds is 7. The van der Waals surface area contributed by atoms with E-state index in [0.717, 1.165) is 25.6 Å². The van der Waals surface area contributed by atoms with Crippen molar-refractivity contribution in [2.75, 3.05) is 25.0 Å². The van der Waals surface area contributed by atoms with Gasteiger partial charge in [-0.1, -0.05) is 45.0 Å². The Hall–Kier alpha value is -2.66. The molecule has 2 aromatic carbocycles. The van der Waals surface area contributed by atoms with Crippen LogP contribution in [0.5, 0.6) is 0 Å². The fraction of sp³-hybridized carbons (Fsp3) is 0.440. The lowest BCUT2D eigenvalue weighted by atomic mass is 9.99. The Morgan fingerprint density at radius 3 is 2.50 bits per heavy atom. The van der Waals surface area contributed by atoms with Crippen LogP contribution in [-0.4, -0.2) is 36.3 Å². The van der Waals surface area contributed by atoms with Crippen LogP contribution in [0, 0.1) is 11.8 Å². The van der Waals surface area contributed by atoms with Gasteiger partial charge in [0.15, 0.2) is 0 Å². The first kappa shape index (κ1) is 22.0. The lowest BCUT2D eigenvalue weighted by Crippen LogP contribution is -2.33. The summed E-state index contributed by atoms with van der Waals surface area (Å²) in [6.45, 7) is 10.2. The smallest absolute Gasteiger partial charge is 0.255 e. The van der Waals surface area contributed by atoms with Gasteiger partial charge in [0, 0.05) is 25.2 Å². The van der Waals surface area contributed by atoms with Crippen LogP contribution in [0.2, 0.25) is 0 Å². The number of nitrogens with one attached hydrogen (secondary N) is 2. The standard InChI is InChI=1S/C25H33N3O2/c1-18(2)15-26-25(30)22-8-4-5-9-23(22)27-24(29)21-12-10-20(11-13-21)17-28-14-6-7-19(3)16-28/h4-5,8-13,18-19H,6-7,14-17H2,1-3H3,(H,26,30)(H,27,29)/t19-/m1/s1. The quantitative estimate of drug-likeness (QED) is 0.707. The third kappa shape index (κ3) is 6.17. The molecular weight excluding hydrogens is 374 g/mol. The van der Waals surface area contributed by atoms with Gasteiger partial charge < -0.3 is 10.6 Å². The van der Waals surface area contributed by atoms with E-state index in [0.29, 0.717) is 29.3 Å². The number of carbonyl (C=O) groups is 2. The molecule has 160 valence electrons. The minimum atomic E-state index is -0.211. The zero-order valence-corrected chi connectivity index (χ0v) is 18.3. The zero-order valence-electron chi connectivity index (χ0n) is 18.3. The first-order valence-electron chi connectivity index (χ1n) is 10.9. The Morgan fingerprint density at radius 2 is 1.80 bits per heavy atom. The monoisotopic (exact) mass is 407 g/mol. The van der Waals surface area contributed by atoms with Gasteiger partial charge in [-0.3, -0.25) is 14.5 Å². The van der Waals surface area contributed by atoms with E-state index in [4.69, 9.17) is 0 Å². The van der Waals surface area contributed by atoms with E-state index in [-0.39, 0.29) is 11.8 Å². The second-order valence-corrected chi connectivity index (χ2v) is 8.78. The van der Waals surface area contributed by atoms with Crippen molar-refractivity contribution in [1.82, 2.24) is 10.2 Å². The molecule has 3 rings (SSSR count). The van der Waals surface area contributed by atoms with Gasteiger partial charge in [0.2, 0.25) is 0 Å². The van der Waals surface area contributed by atoms with E-state index >= 15 is 0 Å². The number of para-hydroxylation sites is 1. The molecule has 2 amide bonds. The second kappa shape index (κ2) is 10.4. The van der Waals surface area contributed by atoms with Gasteiger partial charge in [0.1, 0.15) is 0 Å². The highest BCUT2D eigenvalue weighted by atomic mass is 16.2. The third-order valence-electron chi connectivity index (χ3n) is 5.45. The molecule has 5 heteroatoms. The molecule has 1 aliphatic heterocycles. The lowest BCUT2D eigenvalue weighted by molar-refractivity contribution is 0.0950. The number of hydrogen-bond acceptors (Lipinski definition) is 3.